The zero-order chi connectivity index (χ0) is 21.6. The van der Waals surface area contributed by atoms with Crippen LogP contribution in [0, 0.1) is 0 Å². The lowest BCUT2D eigenvalue weighted by Crippen LogP contribution is -2.22. The van der Waals surface area contributed by atoms with Gasteiger partial charge in [0.1, 0.15) is 5.75 Å². The van der Waals surface area contributed by atoms with E-state index in [2.05, 4.69) is 5.32 Å². The van der Waals surface area contributed by atoms with Crippen LogP contribution in [-0.2, 0) is 11.0 Å². The molecule has 0 saturated heterocycles. The van der Waals surface area contributed by atoms with Crippen molar-refractivity contribution in [3.63, 3.8) is 0 Å². The Morgan fingerprint density at radius 3 is 2.34 bits per heavy atom. The smallest absolute Gasteiger partial charge is 0.418 e. The van der Waals surface area contributed by atoms with Gasteiger partial charge in [-0.3, -0.25) is 9.59 Å². The summed E-state index contributed by atoms with van der Waals surface area (Å²) in [7, 11) is 0. The molecule has 0 aliphatic carbocycles. The summed E-state index contributed by atoms with van der Waals surface area (Å²) in [6.07, 6.45) is -3.77. The zero-order valence-corrected chi connectivity index (χ0v) is 17.1. The highest BCUT2D eigenvalue weighted by atomic mass is 32.2. The topological polar surface area (TPSA) is 55.4 Å². The molecule has 2 aromatic carbocycles. The summed E-state index contributed by atoms with van der Waals surface area (Å²) in [5.41, 5.74) is -0.719. The first-order chi connectivity index (χ1) is 13.6. The van der Waals surface area contributed by atoms with E-state index < -0.39 is 24.3 Å². The average molecular weight is 425 g/mol. The van der Waals surface area contributed by atoms with Gasteiger partial charge in [0.15, 0.2) is 12.4 Å². The second-order valence-electron chi connectivity index (χ2n) is 6.46. The number of ketones is 1. The molecular formula is C21H22F3NO3S. The maximum Gasteiger partial charge on any atom is 0.418 e. The number of nitrogens with one attached hydrogen (secondary N) is 1. The van der Waals surface area contributed by atoms with E-state index in [1.165, 1.54) is 36.9 Å². The highest BCUT2D eigenvalue weighted by Gasteiger charge is 2.34. The summed E-state index contributed by atoms with van der Waals surface area (Å²) >= 11 is 1.35. The number of hydrogen-bond donors (Lipinski definition) is 1. The number of anilines is 1. The lowest BCUT2D eigenvalue weighted by molar-refractivity contribution is -0.137. The van der Waals surface area contributed by atoms with Gasteiger partial charge in [-0.1, -0.05) is 13.8 Å². The molecule has 0 bridgehead atoms. The van der Waals surface area contributed by atoms with Crippen LogP contribution in [0.4, 0.5) is 18.9 Å². The van der Waals surface area contributed by atoms with Gasteiger partial charge in [-0.05, 0) is 55.8 Å². The Bertz CT molecular complexity index is 866. The second-order valence-corrected chi connectivity index (χ2v) is 7.97. The number of amides is 1. The number of alkyl halides is 3. The van der Waals surface area contributed by atoms with Crippen molar-refractivity contribution in [2.75, 3.05) is 11.9 Å². The van der Waals surface area contributed by atoms with E-state index in [0.717, 1.165) is 12.5 Å². The predicted molar refractivity (Wildman–Crippen MR) is 108 cm³/mol. The van der Waals surface area contributed by atoms with Gasteiger partial charge >= 0.3 is 6.18 Å². The van der Waals surface area contributed by atoms with Crippen LogP contribution in [0.2, 0.25) is 0 Å². The van der Waals surface area contributed by atoms with Crippen molar-refractivity contribution in [2.24, 2.45) is 0 Å². The largest absolute Gasteiger partial charge is 0.484 e. The van der Waals surface area contributed by atoms with Crippen LogP contribution >= 0.6 is 11.8 Å². The molecule has 0 radical (unpaired) electrons. The standard InChI is InChI=1S/C21H22F3NO3S/c1-4-13(2)29-17-9-10-19(18(11-17)21(22,23)24)25-20(27)12-28-16-7-5-15(6-8-16)14(3)26/h5-11,13H,4,12H2,1-3H3,(H,25,27). The molecule has 0 spiro atoms. The number of rotatable bonds is 8. The van der Waals surface area contributed by atoms with Crippen molar-refractivity contribution in [1.29, 1.82) is 0 Å². The Morgan fingerprint density at radius 2 is 1.79 bits per heavy atom. The summed E-state index contributed by atoms with van der Waals surface area (Å²) in [5.74, 6) is -0.487. The lowest BCUT2D eigenvalue weighted by atomic mass is 10.1. The number of benzene rings is 2. The van der Waals surface area contributed by atoms with Crippen LogP contribution in [0.5, 0.6) is 5.75 Å². The molecular weight excluding hydrogens is 403 g/mol. The van der Waals surface area contributed by atoms with Crippen LogP contribution < -0.4 is 10.1 Å². The Hall–Kier alpha value is -2.48. The monoisotopic (exact) mass is 425 g/mol. The highest BCUT2D eigenvalue weighted by Crippen LogP contribution is 2.38. The predicted octanol–water partition coefficient (Wildman–Crippen LogP) is 5.82. The molecule has 8 heteroatoms. The molecule has 1 amide bonds. The Morgan fingerprint density at radius 1 is 1.14 bits per heavy atom. The number of thioether (sulfide) groups is 1. The minimum atomic E-state index is -4.60. The fraction of sp³-hybridized carbons (Fsp3) is 0.333. The van der Waals surface area contributed by atoms with Crippen molar-refractivity contribution in [3.8, 4) is 5.75 Å². The SMILES string of the molecule is CCC(C)Sc1ccc(NC(=O)COc2ccc(C(C)=O)cc2)c(C(F)(F)F)c1. The third-order valence-corrected chi connectivity index (χ3v) is 5.38. The molecule has 29 heavy (non-hydrogen) atoms. The number of carbonyl (C=O) groups is 2. The van der Waals surface area contributed by atoms with Crippen molar-refractivity contribution in [2.45, 2.75) is 43.5 Å². The molecule has 2 rings (SSSR count). The molecule has 0 heterocycles. The Kier molecular flexibility index (Phi) is 7.73. The fourth-order valence-electron chi connectivity index (χ4n) is 2.38. The van der Waals surface area contributed by atoms with Crippen LogP contribution in [0.1, 0.15) is 43.1 Å². The molecule has 1 unspecified atom stereocenters. The number of hydrogen-bond acceptors (Lipinski definition) is 4. The summed E-state index contributed by atoms with van der Waals surface area (Å²) in [5, 5.41) is 2.44. The quantitative estimate of drug-likeness (QED) is 0.428. The van der Waals surface area contributed by atoms with Crippen molar-refractivity contribution >= 4 is 29.1 Å². The van der Waals surface area contributed by atoms with E-state index in [1.54, 1.807) is 18.2 Å². The molecule has 156 valence electrons. The van der Waals surface area contributed by atoms with E-state index in [4.69, 9.17) is 4.74 Å². The third-order valence-electron chi connectivity index (χ3n) is 4.11. The normalized spacial score (nSPS) is 12.3. The van der Waals surface area contributed by atoms with Crippen molar-refractivity contribution < 1.29 is 27.5 Å². The lowest BCUT2D eigenvalue weighted by Gasteiger charge is -2.16. The van der Waals surface area contributed by atoms with E-state index in [1.807, 2.05) is 13.8 Å². The van der Waals surface area contributed by atoms with Gasteiger partial charge in [0, 0.05) is 15.7 Å². The molecule has 0 fully saturated rings. The van der Waals surface area contributed by atoms with Crippen molar-refractivity contribution in [1.82, 2.24) is 0 Å². The molecule has 4 nitrogen and oxygen atoms in total. The van der Waals surface area contributed by atoms with Gasteiger partial charge in [-0.25, -0.2) is 0 Å². The number of Topliss-reactive ketones (excluding diaryl/α,β-unsaturated/α-hetero) is 1. The molecule has 0 aliphatic heterocycles. The molecule has 0 aromatic heterocycles. The maximum absolute atomic E-state index is 13.4. The van der Waals surface area contributed by atoms with Gasteiger partial charge in [0.2, 0.25) is 0 Å². The minimum absolute atomic E-state index is 0.107. The molecule has 1 N–H and O–H groups in total. The number of ether oxygens (including phenoxy) is 1. The molecule has 2 aromatic rings. The Balaban J connectivity index is 2.07. The van der Waals surface area contributed by atoms with Crippen LogP contribution in [-0.4, -0.2) is 23.5 Å². The third kappa shape index (κ3) is 6.81. The summed E-state index contributed by atoms with van der Waals surface area (Å²) in [6.45, 7) is 4.87. The van der Waals surface area contributed by atoms with Gasteiger partial charge in [0.05, 0.1) is 11.3 Å². The van der Waals surface area contributed by atoms with Gasteiger partial charge in [0.25, 0.3) is 5.91 Å². The van der Waals surface area contributed by atoms with E-state index >= 15 is 0 Å². The van der Waals surface area contributed by atoms with Gasteiger partial charge in [-0.2, -0.15) is 13.2 Å². The van der Waals surface area contributed by atoms with Gasteiger partial charge in [-0.15, -0.1) is 11.8 Å². The first kappa shape index (κ1) is 22.8. The second kappa shape index (κ2) is 9.82. The molecule has 1 atom stereocenters. The van der Waals surface area contributed by atoms with Crippen molar-refractivity contribution in [3.05, 3.63) is 53.6 Å². The van der Waals surface area contributed by atoms with Crippen LogP contribution in [0.25, 0.3) is 0 Å². The minimum Gasteiger partial charge on any atom is -0.484 e. The summed E-state index contributed by atoms with van der Waals surface area (Å²) < 4.78 is 45.6. The molecule has 0 aliphatic rings. The number of carbonyl (C=O) groups excluding carboxylic acids is 2. The van der Waals surface area contributed by atoms with Crippen LogP contribution in [0.15, 0.2) is 47.4 Å². The Labute approximate surface area is 171 Å². The molecule has 0 saturated carbocycles. The first-order valence-electron chi connectivity index (χ1n) is 9.01. The summed E-state index contributed by atoms with van der Waals surface area (Å²) in [6, 6.07) is 10.00. The zero-order valence-electron chi connectivity index (χ0n) is 16.3. The van der Waals surface area contributed by atoms with Crippen LogP contribution in [0.3, 0.4) is 0 Å². The van der Waals surface area contributed by atoms with E-state index in [9.17, 15) is 22.8 Å². The highest BCUT2D eigenvalue weighted by molar-refractivity contribution is 7.99. The maximum atomic E-state index is 13.4. The summed E-state index contributed by atoms with van der Waals surface area (Å²) in [4.78, 5) is 23.8. The fourth-order valence-corrected chi connectivity index (χ4v) is 3.34. The van der Waals surface area contributed by atoms with E-state index in [-0.39, 0.29) is 16.7 Å². The first-order valence-corrected chi connectivity index (χ1v) is 9.89. The van der Waals surface area contributed by atoms with Gasteiger partial charge < -0.3 is 10.1 Å². The average Bonchev–Trinajstić information content (AvgIpc) is 2.67. The van der Waals surface area contributed by atoms with E-state index in [0.29, 0.717) is 16.2 Å². The number of halogens is 3.